The SMILES string of the molecule is CNC(c1ccc(OC)c(C)c1)C(C)(C)NC. The molecular weight excluding hydrogens is 212 g/mol. The Morgan fingerprint density at radius 1 is 1.24 bits per heavy atom. The Kier molecular flexibility index (Phi) is 4.54. The third-order valence-electron chi connectivity index (χ3n) is 3.41. The number of nitrogens with one attached hydrogen (secondary N) is 2. The molecule has 0 spiro atoms. The maximum absolute atomic E-state index is 5.29. The molecule has 0 radical (unpaired) electrons. The van der Waals surface area contributed by atoms with Crippen LogP contribution in [0.4, 0.5) is 0 Å². The van der Waals surface area contributed by atoms with Crippen molar-refractivity contribution in [2.75, 3.05) is 21.2 Å². The van der Waals surface area contributed by atoms with Gasteiger partial charge < -0.3 is 15.4 Å². The Morgan fingerprint density at radius 3 is 2.29 bits per heavy atom. The van der Waals surface area contributed by atoms with E-state index in [2.05, 4.69) is 43.5 Å². The molecular formula is C14H24N2O. The van der Waals surface area contributed by atoms with E-state index in [9.17, 15) is 0 Å². The summed E-state index contributed by atoms with van der Waals surface area (Å²) in [5.41, 5.74) is 2.43. The molecule has 0 saturated heterocycles. The Hall–Kier alpha value is -1.06. The molecule has 1 rings (SSSR count). The minimum absolute atomic E-state index is 0.00419. The molecule has 96 valence electrons. The van der Waals surface area contributed by atoms with Gasteiger partial charge in [0.15, 0.2) is 0 Å². The second-order valence-electron chi connectivity index (χ2n) is 4.92. The van der Waals surface area contributed by atoms with Crippen LogP contribution in [0.25, 0.3) is 0 Å². The fourth-order valence-electron chi connectivity index (χ4n) is 2.17. The Labute approximate surface area is 105 Å². The molecule has 3 heteroatoms. The van der Waals surface area contributed by atoms with Gasteiger partial charge in [-0.3, -0.25) is 0 Å². The molecule has 0 aliphatic rings. The number of rotatable bonds is 5. The number of hydrogen-bond acceptors (Lipinski definition) is 3. The molecule has 1 atom stereocenters. The summed E-state index contributed by atoms with van der Waals surface area (Å²) in [6.45, 7) is 6.45. The summed E-state index contributed by atoms with van der Waals surface area (Å²) >= 11 is 0. The molecule has 0 saturated carbocycles. The van der Waals surface area contributed by atoms with Crippen molar-refractivity contribution in [3.8, 4) is 5.75 Å². The first kappa shape index (κ1) is 14.0. The van der Waals surface area contributed by atoms with Crippen LogP contribution in [0.1, 0.15) is 31.0 Å². The molecule has 0 aliphatic heterocycles. The highest BCUT2D eigenvalue weighted by Gasteiger charge is 2.27. The standard InChI is InChI=1S/C14H24N2O/c1-10-9-11(7-8-12(10)17-6)13(15-4)14(2,3)16-5/h7-9,13,15-16H,1-6H3. The summed E-state index contributed by atoms with van der Waals surface area (Å²) in [6.07, 6.45) is 0. The lowest BCUT2D eigenvalue weighted by molar-refractivity contribution is 0.311. The molecule has 0 fully saturated rings. The highest BCUT2D eigenvalue weighted by Crippen LogP contribution is 2.28. The van der Waals surface area contributed by atoms with Crippen molar-refractivity contribution < 1.29 is 4.74 Å². The van der Waals surface area contributed by atoms with Crippen LogP contribution >= 0.6 is 0 Å². The molecule has 0 bridgehead atoms. The van der Waals surface area contributed by atoms with Gasteiger partial charge in [0, 0.05) is 11.6 Å². The Bertz CT molecular complexity index is 374. The van der Waals surface area contributed by atoms with Gasteiger partial charge >= 0.3 is 0 Å². The molecule has 0 amide bonds. The first-order valence-electron chi connectivity index (χ1n) is 5.97. The minimum Gasteiger partial charge on any atom is -0.496 e. The molecule has 1 unspecified atom stereocenters. The van der Waals surface area contributed by atoms with Crippen LogP contribution in [0.3, 0.4) is 0 Å². The smallest absolute Gasteiger partial charge is 0.121 e. The summed E-state index contributed by atoms with van der Waals surface area (Å²) in [5, 5.41) is 6.72. The van der Waals surface area contributed by atoms with Crippen LogP contribution in [-0.4, -0.2) is 26.7 Å². The van der Waals surface area contributed by atoms with Crippen molar-refractivity contribution in [1.29, 1.82) is 0 Å². The van der Waals surface area contributed by atoms with E-state index in [0.717, 1.165) is 11.3 Å². The van der Waals surface area contributed by atoms with Crippen LogP contribution < -0.4 is 15.4 Å². The van der Waals surface area contributed by atoms with E-state index >= 15 is 0 Å². The summed E-state index contributed by atoms with van der Waals surface area (Å²) in [5.74, 6) is 0.936. The van der Waals surface area contributed by atoms with Crippen LogP contribution in [0, 0.1) is 6.92 Å². The third-order valence-corrected chi connectivity index (χ3v) is 3.41. The second-order valence-corrected chi connectivity index (χ2v) is 4.92. The van der Waals surface area contributed by atoms with Crippen molar-refractivity contribution >= 4 is 0 Å². The topological polar surface area (TPSA) is 33.3 Å². The van der Waals surface area contributed by atoms with Gasteiger partial charge in [0.05, 0.1) is 7.11 Å². The van der Waals surface area contributed by atoms with E-state index in [0.29, 0.717) is 0 Å². The van der Waals surface area contributed by atoms with Gasteiger partial charge in [0.1, 0.15) is 5.75 Å². The van der Waals surface area contributed by atoms with E-state index in [1.54, 1.807) is 7.11 Å². The monoisotopic (exact) mass is 236 g/mol. The second kappa shape index (κ2) is 5.52. The van der Waals surface area contributed by atoms with Crippen molar-refractivity contribution in [3.05, 3.63) is 29.3 Å². The van der Waals surface area contributed by atoms with E-state index < -0.39 is 0 Å². The zero-order chi connectivity index (χ0) is 13.1. The van der Waals surface area contributed by atoms with Gasteiger partial charge in [-0.25, -0.2) is 0 Å². The van der Waals surface area contributed by atoms with Gasteiger partial charge in [-0.05, 0) is 52.1 Å². The molecule has 0 aromatic heterocycles. The molecule has 0 aliphatic carbocycles. The quantitative estimate of drug-likeness (QED) is 0.823. The Balaban J connectivity index is 3.09. The summed E-state index contributed by atoms with van der Waals surface area (Å²) in [4.78, 5) is 0. The number of benzene rings is 1. The number of hydrogen-bond donors (Lipinski definition) is 2. The van der Waals surface area contributed by atoms with Crippen LogP contribution in [0.5, 0.6) is 5.75 Å². The van der Waals surface area contributed by atoms with Gasteiger partial charge in [-0.1, -0.05) is 12.1 Å². The maximum Gasteiger partial charge on any atom is 0.121 e. The highest BCUT2D eigenvalue weighted by atomic mass is 16.5. The normalized spacial score (nSPS) is 13.5. The first-order valence-corrected chi connectivity index (χ1v) is 5.97. The molecule has 1 aromatic rings. The minimum atomic E-state index is -0.00419. The van der Waals surface area contributed by atoms with E-state index in [4.69, 9.17) is 4.74 Å². The molecule has 2 N–H and O–H groups in total. The lowest BCUT2D eigenvalue weighted by Crippen LogP contribution is -2.47. The third kappa shape index (κ3) is 2.99. The van der Waals surface area contributed by atoms with E-state index in [-0.39, 0.29) is 11.6 Å². The summed E-state index contributed by atoms with van der Waals surface area (Å²) in [7, 11) is 5.68. The van der Waals surface area contributed by atoms with Gasteiger partial charge in [-0.2, -0.15) is 0 Å². The predicted octanol–water partition coefficient (Wildman–Crippen LogP) is 2.26. The fraction of sp³-hybridized carbons (Fsp3) is 0.571. The summed E-state index contributed by atoms with van der Waals surface area (Å²) in [6, 6.07) is 6.59. The van der Waals surface area contributed by atoms with Crippen molar-refractivity contribution in [3.63, 3.8) is 0 Å². The van der Waals surface area contributed by atoms with E-state index in [1.165, 1.54) is 5.56 Å². The zero-order valence-corrected chi connectivity index (χ0v) is 11.7. The number of likely N-dealkylation sites (N-methyl/N-ethyl adjacent to an activating group) is 2. The van der Waals surface area contributed by atoms with Gasteiger partial charge in [-0.15, -0.1) is 0 Å². The number of methoxy groups -OCH3 is 1. The molecule has 17 heavy (non-hydrogen) atoms. The van der Waals surface area contributed by atoms with E-state index in [1.807, 2.05) is 20.2 Å². The molecule has 3 nitrogen and oxygen atoms in total. The zero-order valence-electron chi connectivity index (χ0n) is 11.7. The maximum atomic E-state index is 5.29. The molecule has 0 heterocycles. The lowest BCUT2D eigenvalue weighted by Gasteiger charge is -2.34. The predicted molar refractivity (Wildman–Crippen MR) is 72.7 cm³/mol. The lowest BCUT2D eigenvalue weighted by atomic mass is 9.88. The first-order chi connectivity index (χ1) is 7.96. The van der Waals surface area contributed by atoms with Crippen molar-refractivity contribution in [2.45, 2.75) is 32.4 Å². The average molecular weight is 236 g/mol. The fourth-order valence-corrected chi connectivity index (χ4v) is 2.17. The van der Waals surface area contributed by atoms with Gasteiger partial charge in [0.2, 0.25) is 0 Å². The van der Waals surface area contributed by atoms with Crippen LogP contribution in [0.15, 0.2) is 18.2 Å². The summed E-state index contributed by atoms with van der Waals surface area (Å²) < 4.78 is 5.29. The highest BCUT2D eigenvalue weighted by molar-refractivity contribution is 5.38. The number of ether oxygens (including phenoxy) is 1. The largest absolute Gasteiger partial charge is 0.496 e. The van der Waals surface area contributed by atoms with Crippen molar-refractivity contribution in [2.24, 2.45) is 0 Å². The number of aryl methyl sites for hydroxylation is 1. The van der Waals surface area contributed by atoms with Crippen molar-refractivity contribution in [1.82, 2.24) is 10.6 Å². The van der Waals surface area contributed by atoms with Crippen LogP contribution in [-0.2, 0) is 0 Å². The van der Waals surface area contributed by atoms with Crippen LogP contribution in [0.2, 0.25) is 0 Å². The van der Waals surface area contributed by atoms with Gasteiger partial charge in [0.25, 0.3) is 0 Å². The molecule has 1 aromatic carbocycles. The Morgan fingerprint density at radius 2 is 1.88 bits per heavy atom. The average Bonchev–Trinajstić information content (AvgIpc) is 2.30.